The van der Waals surface area contributed by atoms with Crippen LogP contribution in [0.1, 0.15) is 43.6 Å². The average Bonchev–Trinajstić information content (AvgIpc) is 2.60. The summed E-state index contributed by atoms with van der Waals surface area (Å²) < 4.78 is 73.5. The van der Waals surface area contributed by atoms with E-state index in [1.54, 1.807) is 12.1 Å². The zero-order valence-corrected chi connectivity index (χ0v) is 15.3. The van der Waals surface area contributed by atoms with Crippen LogP contribution in [0.5, 0.6) is 0 Å². The predicted octanol–water partition coefficient (Wildman–Crippen LogP) is 5.55. The highest BCUT2D eigenvalue weighted by molar-refractivity contribution is 8.00. The Kier molecular flexibility index (Phi) is 5.64. The van der Waals surface area contributed by atoms with Gasteiger partial charge in [-0.25, -0.2) is 13.2 Å². The lowest BCUT2D eigenvalue weighted by atomic mass is 9.84. The van der Waals surface area contributed by atoms with Crippen molar-refractivity contribution in [3.63, 3.8) is 0 Å². The van der Waals surface area contributed by atoms with Crippen molar-refractivity contribution >= 4 is 21.9 Å². The second-order valence-electron chi connectivity index (χ2n) is 6.26. The van der Waals surface area contributed by atoms with E-state index < -0.39 is 32.5 Å². The van der Waals surface area contributed by atoms with Crippen molar-refractivity contribution in [2.45, 2.75) is 52.7 Å². The molecule has 1 N–H and O–H groups in total. The van der Waals surface area contributed by atoms with Crippen LogP contribution in [0.4, 0.5) is 13.2 Å². The van der Waals surface area contributed by atoms with Crippen LogP contribution in [-0.4, -0.2) is 13.0 Å². The molecule has 3 rings (SSSR count). The molecule has 2 aromatic carbocycles. The van der Waals surface area contributed by atoms with Crippen LogP contribution in [0.3, 0.4) is 0 Å². The second kappa shape index (κ2) is 7.62. The molecule has 0 bridgehead atoms. The van der Waals surface area contributed by atoms with Gasteiger partial charge in [0.05, 0.1) is 0 Å². The molecule has 0 amide bonds. The highest BCUT2D eigenvalue weighted by atomic mass is 32.2. The van der Waals surface area contributed by atoms with E-state index in [-0.39, 0.29) is 10.8 Å². The zero-order chi connectivity index (χ0) is 18.9. The van der Waals surface area contributed by atoms with Crippen molar-refractivity contribution in [2.75, 3.05) is 0 Å². The van der Waals surface area contributed by atoms with Gasteiger partial charge in [-0.1, -0.05) is 49.2 Å². The van der Waals surface area contributed by atoms with E-state index >= 15 is 0 Å². The predicted molar refractivity (Wildman–Crippen MR) is 92.5 cm³/mol. The summed E-state index contributed by atoms with van der Waals surface area (Å²) in [5.41, 5.74) is 0.962. The Morgan fingerprint density at radius 1 is 0.962 bits per heavy atom. The van der Waals surface area contributed by atoms with Crippen molar-refractivity contribution in [3.05, 3.63) is 53.3 Å². The third-order valence-electron chi connectivity index (χ3n) is 4.53. The molecule has 1 saturated carbocycles. The SMILES string of the molecule is O=S(=O)(O)c1c(Sc2ccccc2C2CCCCC2)cc(F)c(F)c1F. The van der Waals surface area contributed by atoms with E-state index in [2.05, 4.69) is 0 Å². The molecular weight excluding hydrogens is 385 g/mol. The van der Waals surface area contributed by atoms with E-state index in [1.165, 1.54) is 0 Å². The standard InChI is InChI=1S/C18H17F3O3S2/c19-13-10-15(18(26(22,23)24)17(21)16(13)20)25-14-9-5-4-8-12(14)11-6-2-1-3-7-11/h4-5,8-11H,1-3,6-7H2,(H,22,23,24). The molecule has 140 valence electrons. The summed E-state index contributed by atoms with van der Waals surface area (Å²) in [6.45, 7) is 0. The largest absolute Gasteiger partial charge is 0.298 e. The maximum absolute atomic E-state index is 14.0. The van der Waals surface area contributed by atoms with Crippen LogP contribution in [0.2, 0.25) is 0 Å². The van der Waals surface area contributed by atoms with Crippen LogP contribution in [-0.2, 0) is 10.1 Å². The number of hydrogen-bond acceptors (Lipinski definition) is 3. The Morgan fingerprint density at radius 2 is 1.62 bits per heavy atom. The van der Waals surface area contributed by atoms with Crippen molar-refractivity contribution < 1.29 is 26.1 Å². The molecule has 0 unspecified atom stereocenters. The maximum atomic E-state index is 14.0. The average molecular weight is 402 g/mol. The third kappa shape index (κ3) is 3.92. The Morgan fingerprint density at radius 3 is 2.27 bits per heavy atom. The number of hydrogen-bond donors (Lipinski definition) is 1. The van der Waals surface area contributed by atoms with E-state index in [9.17, 15) is 26.1 Å². The third-order valence-corrected chi connectivity index (χ3v) is 6.70. The molecule has 1 aliphatic rings. The molecule has 1 fully saturated rings. The molecule has 1 aliphatic carbocycles. The summed E-state index contributed by atoms with van der Waals surface area (Å²) in [5, 5.41) is 0. The van der Waals surface area contributed by atoms with Gasteiger partial charge in [0, 0.05) is 9.79 Å². The molecule has 8 heteroatoms. The normalized spacial score (nSPS) is 16.0. The van der Waals surface area contributed by atoms with Gasteiger partial charge in [-0.3, -0.25) is 4.55 Å². The zero-order valence-electron chi connectivity index (χ0n) is 13.7. The Balaban J connectivity index is 2.08. The first-order chi connectivity index (χ1) is 12.3. The Bertz CT molecular complexity index is 924. The van der Waals surface area contributed by atoms with Crippen molar-refractivity contribution in [1.29, 1.82) is 0 Å². The minimum Gasteiger partial charge on any atom is -0.282 e. The molecule has 0 heterocycles. The number of rotatable bonds is 4. The molecule has 2 aromatic rings. The minimum atomic E-state index is -5.06. The van der Waals surface area contributed by atoms with Gasteiger partial charge >= 0.3 is 0 Å². The highest BCUT2D eigenvalue weighted by Crippen LogP contribution is 2.42. The molecule has 26 heavy (non-hydrogen) atoms. The lowest BCUT2D eigenvalue weighted by Crippen LogP contribution is -2.08. The quantitative estimate of drug-likeness (QED) is 0.538. The maximum Gasteiger partial charge on any atom is 0.298 e. The summed E-state index contributed by atoms with van der Waals surface area (Å²) in [6, 6.07) is 7.81. The van der Waals surface area contributed by atoms with Crippen molar-refractivity contribution in [3.8, 4) is 0 Å². The first-order valence-electron chi connectivity index (χ1n) is 8.21. The summed E-state index contributed by atoms with van der Waals surface area (Å²) in [7, 11) is -5.06. The minimum absolute atomic E-state index is 0.275. The van der Waals surface area contributed by atoms with Crippen LogP contribution in [0, 0.1) is 17.5 Å². The number of benzene rings is 2. The summed E-state index contributed by atoms with van der Waals surface area (Å²) in [5.74, 6) is -5.07. The smallest absolute Gasteiger partial charge is 0.282 e. The fourth-order valence-electron chi connectivity index (χ4n) is 3.32. The van der Waals surface area contributed by atoms with E-state index in [0.717, 1.165) is 49.4 Å². The van der Waals surface area contributed by atoms with Gasteiger partial charge in [-0.15, -0.1) is 0 Å². The fraction of sp³-hybridized carbons (Fsp3) is 0.333. The number of halogens is 3. The van der Waals surface area contributed by atoms with Crippen LogP contribution in [0.15, 0.2) is 45.0 Å². The molecular formula is C18H17F3O3S2. The van der Waals surface area contributed by atoms with Crippen molar-refractivity contribution in [1.82, 2.24) is 0 Å². The van der Waals surface area contributed by atoms with Crippen LogP contribution in [0.25, 0.3) is 0 Å². The molecule has 0 radical (unpaired) electrons. The molecule has 0 aromatic heterocycles. The van der Waals surface area contributed by atoms with Gasteiger partial charge < -0.3 is 0 Å². The Labute approximate surface area is 154 Å². The van der Waals surface area contributed by atoms with Gasteiger partial charge in [-0.05, 0) is 36.5 Å². The molecule has 0 saturated heterocycles. The van der Waals surface area contributed by atoms with E-state index in [1.807, 2.05) is 12.1 Å². The second-order valence-corrected chi connectivity index (χ2v) is 8.71. The van der Waals surface area contributed by atoms with Crippen LogP contribution < -0.4 is 0 Å². The summed E-state index contributed by atoms with van der Waals surface area (Å²) in [6.07, 6.45) is 5.29. The van der Waals surface area contributed by atoms with Gasteiger partial charge in [0.15, 0.2) is 17.5 Å². The van der Waals surface area contributed by atoms with Crippen molar-refractivity contribution in [2.24, 2.45) is 0 Å². The fourth-order valence-corrected chi connectivity index (χ4v) is 5.47. The topological polar surface area (TPSA) is 54.4 Å². The molecule has 0 atom stereocenters. The first kappa shape index (κ1) is 19.3. The van der Waals surface area contributed by atoms with E-state index in [0.29, 0.717) is 11.0 Å². The lowest BCUT2D eigenvalue weighted by molar-refractivity contribution is 0.415. The van der Waals surface area contributed by atoms with Gasteiger partial charge in [0.2, 0.25) is 0 Å². The lowest BCUT2D eigenvalue weighted by Gasteiger charge is -2.24. The summed E-state index contributed by atoms with van der Waals surface area (Å²) in [4.78, 5) is -0.985. The monoisotopic (exact) mass is 402 g/mol. The first-order valence-corrected chi connectivity index (χ1v) is 10.5. The highest BCUT2D eigenvalue weighted by Gasteiger charge is 2.28. The molecule has 3 nitrogen and oxygen atoms in total. The molecule has 0 spiro atoms. The van der Waals surface area contributed by atoms with Gasteiger partial charge in [-0.2, -0.15) is 8.42 Å². The van der Waals surface area contributed by atoms with E-state index in [4.69, 9.17) is 0 Å². The van der Waals surface area contributed by atoms with Crippen LogP contribution >= 0.6 is 11.8 Å². The molecule has 0 aliphatic heterocycles. The summed E-state index contributed by atoms with van der Waals surface area (Å²) >= 11 is 0.813. The van der Waals surface area contributed by atoms with Gasteiger partial charge in [0.25, 0.3) is 10.1 Å². The van der Waals surface area contributed by atoms with Gasteiger partial charge in [0.1, 0.15) is 4.90 Å². The Hall–Kier alpha value is -1.51.